The fraction of sp³-hybridized carbons (Fsp3) is 0.538. The summed E-state index contributed by atoms with van der Waals surface area (Å²) in [6, 6.07) is 1.50. The molecule has 0 aromatic carbocycles. The van der Waals surface area contributed by atoms with Crippen LogP contribution in [0.3, 0.4) is 0 Å². The van der Waals surface area contributed by atoms with Gasteiger partial charge in [0, 0.05) is 19.3 Å². The maximum Gasteiger partial charge on any atom is 0.254 e. The number of amides is 1. The van der Waals surface area contributed by atoms with Gasteiger partial charge in [0.25, 0.3) is 5.91 Å². The van der Waals surface area contributed by atoms with Gasteiger partial charge in [-0.25, -0.2) is 9.37 Å². The lowest BCUT2D eigenvalue weighted by Crippen LogP contribution is -2.41. The number of pyridine rings is 1. The lowest BCUT2D eigenvalue weighted by molar-refractivity contribution is 0.0905. The smallest absolute Gasteiger partial charge is 0.254 e. The minimum absolute atomic E-state index is 0.0422. The molecule has 1 aromatic heterocycles. The molecule has 1 aliphatic rings. The second-order valence-corrected chi connectivity index (χ2v) is 4.72. The topological polar surface area (TPSA) is 54.0 Å². The summed E-state index contributed by atoms with van der Waals surface area (Å²) < 4.78 is 13.9. The average molecular weight is 251 g/mol. The van der Waals surface area contributed by atoms with E-state index in [4.69, 9.17) is 0 Å². The van der Waals surface area contributed by atoms with Crippen LogP contribution in [0.15, 0.2) is 12.3 Å². The predicted octanol–water partition coefficient (Wildman–Crippen LogP) is 2.18. The molecule has 0 saturated heterocycles. The van der Waals surface area contributed by atoms with Crippen molar-refractivity contribution >= 4 is 11.7 Å². The van der Waals surface area contributed by atoms with Crippen molar-refractivity contribution in [1.29, 1.82) is 0 Å². The number of carbonyl (C=O) groups excluding carboxylic acids is 1. The Morgan fingerprint density at radius 3 is 2.83 bits per heavy atom. The molecule has 98 valence electrons. The first-order valence-electron chi connectivity index (χ1n) is 6.26. The summed E-state index contributed by atoms with van der Waals surface area (Å²) in [5, 5.41) is 5.48. The highest BCUT2D eigenvalue weighted by Crippen LogP contribution is 2.29. The van der Waals surface area contributed by atoms with Gasteiger partial charge in [-0.15, -0.1) is 0 Å². The molecular weight excluding hydrogens is 233 g/mol. The third kappa shape index (κ3) is 2.44. The zero-order valence-electron chi connectivity index (χ0n) is 10.7. The standard InChI is InChI=1S/C13H18FN3O/c1-8(9-4-3-5-9)17-13(18)10-6-7-16-12(15-2)11(10)14/h6-9H,3-5H2,1-2H3,(H,15,16)(H,17,18). The van der Waals surface area contributed by atoms with Crippen LogP contribution in [0.25, 0.3) is 0 Å². The Labute approximate surface area is 106 Å². The summed E-state index contributed by atoms with van der Waals surface area (Å²) in [6.07, 6.45) is 4.93. The van der Waals surface area contributed by atoms with Gasteiger partial charge in [-0.1, -0.05) is 6.42 Å². The van der Waals surface area contributed by atoms with Gasteiger partial charge in [0.15, 0.2) is 11.6 Å². The fourth-order valence-electron chi connectivity index (χ4n) is 2.14. The Hall–Kier alpha value is -1.65. The van der Waals surface area contributed by atoms with Crippen molar-refractivity contribution in [3.05, 3.63) is 23.6 Å². The molecule has 1 aliphatic carbocycles. The molecule has 4 nitrogen and oxygen atoms in total. The van der Waals surface area contributed by atoms with Gasteiger partial charge in [-0.05, 0) is 31.7 Å². The van der Waals surface area contributed by atoms with Crippen LogP contribution in [0.1, 0.15) is 36.5 Å². The minimum atomic E-state index is -0.599. The van der Waals surface area contributed by atoms with Gasteiger partial charge in [-0.2, -0.15) is 0 Å². The molecule has 1 amide bonds. The van der Waals surface area contributed by atoms with Gasteiger partial charge in [-0.3, -0.25) is 4.79 Å². The van der Waals surface area contributed by atoms with Gasteiger partial charge in [0.2, 0.25) is 0 Å². The van der Waals surface area contributed by atoms with E-state index in [0.717, 1.165) is 12.8 Å². The highest BCUT2D eigenvalue weighted by molar-refractivity contribution is 5.95. The molecule has 1 fully saturated rings. The molecule has 1 saturated carbocycles. The number of hydrogen-bond acceptors (Lipinski definition) is 3. The molecule has 0 spiro atoms. The maximum atomic E-state index is 13.9. The number of rotatable bonds is 4. The Morgan fingerprint density at radius 2 is 2.28 bits per heavy atom. The van der Waals surface area contributed by atoms with Gasteiger partial charge < -0.3 is 10.6 Å². The first-order valence-corrected chi connectivity index (χ1v) is 6.26. The van der Waals surface area contributed by atoms with Crippen molar-refractivity contribution < 1.29 is 9.18 Å². The zero-order valence-corrected chi connectivity index (χ0v) is 10.7. The quantitative estimate of drug-likeness (QED) is 0.862. The molecule has 2 rings (SSSR count). The largest absolute Gasteiger partial charge is 0.371 e. The molecule has 1 aromatic rings. The van der Waals surface area contributed by atoms with Crippen LogP contribution in [0.5, 0.6) is 0 Å². The van der Waals surface area contributed by atoms with Gasteiger partial charge in [0.1, 0.15) is 0 Å². The fourth-order valence-corrected chi connectivity index (χ4v) is 2.14. The predicted molar refractivity (Wildman–Crippen MR) is 68.0 cm³/mol. The molecule has 1 atom stereocenters. The molecule has 0 radical (unpaired) electrons. The Bertz CT molecular complexity index is 446. The summed E-state index contributed by atoms with van der Waals surface area (Å²) in [7, 11) is 1.57. The van der Waals surface area contributed by atoms with E-state index in [1.165, 1.54) is 18.7 Å². The monoisotopic (exact) mass is 251 g/mol. The van der Waals surface area contributed by atoms with E-state index in [1.54, 1.807) is 7.05 Å². The van der Waals surface area contributed by atoms with Crippen LogP contribution in [0.4, 0.5) is 10.2 Å². The minimum Gasteiger partial charge on any atom is -0.371 e. The van der Waals surface area contributed by atoms with Crippen LogP contribution in [-0.2, 0) is 0 Å². The highest BCUT2D eigenvalue weighted by Gasteiger charge is 2.26. The summed E-state index contributed by atoms with van der Waals surface area (Å²) >= 11 is 0. The average Bonchev–Trinajstić information content (AvgIpc) is 2.26. The first-order chi connectivity index (χ1) is 8.63. The lowest BCUT2D eigenvalue weighted by Gasteiger charge is -2.31. The number of hydrogen-bond donors (Lipinski definition) is 2. The van der Waals surface area contributed by atoms with Crippen molar-refractivity contribution in [3.8, 4) is 0 Å². The SMILES string of the molecule is CNc1nccc(C(=O)NC(C)C2CCC2)c1F. The van der Waals surface area contributed by atoms with E-state index in [1.807, 2.05) is 6.92 Å². The van der Waals surface area contributed by atoms with Crippen LogP contribution in [-0.4, -0.2) is 24.0 Å². The summed E-state index contributed by atoms with van der Waals surface area (Å²) in [5.41, 5.74) is 0.0422. The Morgan fingerprint density at radius 1 is 1.56 bits per heavy atom. The van der Waals surface area contributed by atoms with Gasteiger partial charge >= 0.3 is 0 Å². The maximum absolute atomic E-state index is 13.9. The van der Waals surface area contributed by atoms with Crippen molar-refractivity contribution in [2.45, 2.75) is 32.2 Å². The summed E-state index contributed by atoms with van der Waals surface area (Å²) in [4.78, 5) is 15.8. The van der Waals surface area contributed by atoms with Crippen LogP contribution in [0, 0.1) is 11.7 Å². The van der Waals surface area contributed by atoms with E-state index in [0.29, 0.717) is 5.92 Å². The lowest BCUT2D eigenvalue weighted by atomic mass is 9.80. The second kappa shape index (κ2) is 5.33. The van der Waals surface area contributed by atoms with Crippen molar-refractivity contribution in [3.63, 3.8) is 0 Å². The van der Waals surface area contributed by atoms with E-state index in [2.05, 4.69) is 15.6 Å². The molecule has 2 N–H and O–H groups in total. The molecule has 18 heavy (non-hydrogen) atoms. The summed E-state index contributed by atoms with van der Waals surface area (Å²) in [5.74, 6) is -0.342. The van der Waals surface area contributed by atoms with E-state index < -0.39 is 5.82 Å². The van der Waals surface area contributed by atoms with Crippen molar-refractivity contribution in [2.24, 2.45) is 5.92 Å². The molecule has 0 aliphatic heterocycles. The molecule has 5 heteroatoms. The molecule has 0 bridgehead atoms. The third-order valence-corrected chi connectivity index (χ3v) is 3.59. The molecule has 1 unspecified atom stereocenters. The number of nitrogens with one attached hydrogen (secondary N) is 2. The van der Waals surface area contributed by atoms with Crippen molar-refractivity contribution in [1.82, 2.24) is 10.3 Å². The van der Waals surface area contributed by atoms with E-state index >= 15 is 0 Å². The highest BCUT2D eigenvalue weighted by atomic mass is 19.1. The number of aromatic nitrogens is 1. The molecular formula is C13H18FN3O. The van der Waals surface area contributed by atoms with Crippen LogP contribution in [0.2, 0.25) is 0 Å². The normalized spacial score (nSPS) is 16.8. The number of halogens is 1. The van der Waals surface area contributed by atoms with Crippen LogP contribution < -0.4 is 10.6 Å². The number of carbonyl (C=O) groups is 1. The Balaban J connectivity index is 2.08. The number of nitrogens with zero attached hydrogens (tertiary/aromatic N) is 1. The molecule has 1 heterocycles. The second-order valence-electron chi connectivity index (χ2n) is 4.72. The first kappa shape index (κ1) is 12.8. The third-order valence-electron chi connectivity index (χ3n) is 3.59. The zero-order chi connectivity index (χ0) is 13.1. The van der Waals surface area contributed by atoms with Gasteiger partial charge in [0.05, 0.1) is 5.56 Å². The van der Waals surface area contributed by atoms with E-state index in [-0.39, 0.29) is 23.3 Å². The van der Waals surface area contributed by atoms with E-state index in [9.17, 15) is 9.18 Å². The number of anilines is 1. The van der Waals surface area contributed by atoms with Crippen LogP contribution >= 0.6 is 0 Å². The van der Waals surface area contributed by atoms with Crippen molar-refractivity contribution in [2.75, 3.05) is 12.4 Å². The Kier molecular flexibility index (Phi) is 3.79. The summed E-state index contributed by atoms with van der Waals surface area (Å²) in [6.45, 7) is 1.97.